The lowest BCUT2D eigenvalue weighted by molar-refractivity contribution is -0.132. The maximum atomic E-state index is 9.25. The van der Waals surface area contributed by atoms with E-state index in [1.54, 1.807) is 0 Å². The van der Waals surface area contributed by atoms with E-state index < -0.39 is 27.1 Å². The van der Waals surface area contributed by atoms with Crippen molar-refractivity contribution < 1.29 is 39.6 Å². The van der Waals surface area contributed by atoms with Crippen LogP contribution in [0.4, 0.5) is 0 Å². The summed E-state index contributed by atoms with van der Waals surface area (Å²) in [5.41, 5.74) is 0. The second-order valence-corrected chi connectivity index (χ2v) is 6.03. The molecule has 4 N–H and O–H groups in total. The quantitative estimate of drug-likeness (QED) is 0.381. The molecule has 0 aliphatic heterocycles. The van der Waals surface area contributed by atoms with Crippen molar-refractivity contribution in [2.75, 3.05) is 0 Å². The highest BCUT2D eigenvalue weighted by molar-refractivity contribution is 6.83. The Morgan fingerprint density at radius 3 is 0.600 bits per heavy atom. The average Bonchev–Trinajstić information content (AvgIpc) is 2.47. The van der Waals surface area contributed by atoms with E-state index in [1.165, 1.54) is 0 Å². The van der Waals surface area contributed by atoms with Crippen LogP contribution in [0.25, 0.3) is 0 Å². The third kappa shape index (κ3) is 244. The third-order valence-electron chi connectivity index (χ3n) is 0.698. The Bertz CT molecular complexity index is 377. The van der Waals surface area contributed by atoms with E-state index in [1.807, 2.05) is 0 Å². The first-order valence-electron chi connectivity index (χ1n) is 5.25. The molecular weight excluding hydrogens is 426 g/mol. The molecule has 0 aromatic rings. The molecule has 0 bridgehead atoms. The molecule has 8 nitrogen and oxygen atoms in total. The summed E-state index contributed by atoms with van der Waals surface area (Å²) < 4.78 is -1.61. The monoisotopic (exact) mass is 440 g/mol. The number of carbonyl (C=O) groups is 4. The highest BCUT2D eigenvalue weighted by Gasteiger charge is 2.11. The Morgan fingerprint density at radius 1 is 0.560 bits per heavy atom. The summed E-state index contributed by atoms with van der Waals surface area (Å²) in [7, 11) is 0. The molecule has 0 saturated carbocycles. The van der Waals surface area contributed by atoms with Crippen LogP contribution in [0.5, 0.6) is 0 Å². The van der Waals surface area contributed by atoms with E-state index in [0.717, 1.165) is 24.3 Å². The van der Waals surface area contributed by atoms with Gasteiger partial charge in [-0.05, 0) is 0 Å². The van der Waals surface area contributed by atoms with Crippen molar-refractivity contribution in [2.45, 2.75) is 3.25 Å². The fraction of sp³-hybridized carbons (Fsp3) is 0.0769. The number of carboxylic acid groups (broad SMARTS) is 4. The summed E-state index contributed by atoms with van der Waals surface area (Å²) in [6.45, 7) is 11.8. The van der Waals surface area contributed by atoms with Gasteiger partial charge in [-0.25, -0.2) is 19.2 Å². The van der Waals surface area contributed by atoms with Crippen LogP contribution in [0.3, 0.4) is 0 Å². The predicted octanol–water partition coefficient (Wildman–Crippen LogP) is 3.58. The molecule has 0 aliphatic rings. The molecule has 0 aliphatic carbocycles. The lowest BCUT2D eigenvalue weighted by atomic mass is 10.7. The molecule has 0 aromatic heterocycles. The number of hydrogen-bond donors (Lipinski definition) is 4. The molecule has 0 fully saturated rings. The molecule has 0 saturated heterocycles. The van der Waals surface area contributed by atoms with Crippen LogP contribution in [-0.2, 0) is 19.2 Å². The molecular formula is C13H16Cl4O8. The maximum Gasteiger partial charge on any atom is 0.327 e. The lowest BCUT2D eigenvalue weighted by Crippen LogP contribution is -1.82. The fourth-order valence-corrected chi connectivity index (χ4v) is 0. The normalized spacial score (nSPS) is 7.52. The van der Waals surface area contributed by atoms with Gasteiger partial charge in [-0.15, -0.1) is 0 Å². The van der Waals surface area contributed by atoms with Crippen LogP contribution in [0, 0.1) is 0 Å². The van der Waals surface area contributed by atoms with E-state index in [0.29, 0.717) is 0 Å². The molecule has 0 unspecified atom stereocenters. The van der Waals surface area contributed by atoms with Gasteiger partial charge >= 0.3 is 23.9 Å². The molecule has 0 rings (SSSR count). The van der Waals surface area contributed by atoms with E-state index >= 15 is 0 Å². The van der Waals surface area contributed by atoms with Crippen LogP contribution in [0.1, 0.15) is 0 Å². The predicted molar refractivity (Wildman–Crippen MR) is 97.5 cm³/mol. The molecule has 0 heterocycles. The largest absolute Gasteiger partial charge is 0.478 e. The highest BCUT2D eigenvalue weighted by Crippen LogP contribution is 2.29. The molecule has 25 heavy (non-hydrogen) atoms. The van der Waals surface area contributed by atoms with E-state index in [-0.39, 0.29) is 0 Å². The lowest BCUT2D eigenvalue weighted by Gasteiger charge is -1.91. The van der Waals surface area contributed by atoms with Crippen molar-refractivity contribution in [3.05, 3.63) is 50.6 Å². The first kappa shape index (κ1) is 34.4. The van der Waals surface area contributed by atoms with Crippen LogP contribution < -0.4 is 0 Å². The summed E-state index contributed by atoms with van der Waals surface area (Å²) in [5, 5.41) is 30.4. The smallest absolute Gasteiger partial charge is 0.327 e. The number of halogens is 4. The van der Waals surface area contributed by atoms with E-state index in [2.05, 4.69) is 26.3 Å². The first-order chi connectivity index (χ1) is 11.1. The zero-order valence-electron chi connectivity index (χ0n) is 12.6. The molecule has 0 amide bonds. The summed E-state index contributed by atoms with van der Waals surface area (Å²) in [6.07, 6.45) is 3.33. The number of rotatable bonds is 4. The van der Waals surface area contributed by atoms with Crippen LogP contribution in [-0.4, -0.2) is 47.6 Å². The maximum absolute atomic E-state index is 9.25. The average molecular weight is 442 g/mol. The van der Waals surface area contributed by atoms with Gasteiger partial charge in [0.05, 0.1) is 0 Å². The molecule has 0 radical (unpaired) electrons. The Kier molecular flexibility index (Phi) is 33.3. The minimum atomic E-state index is -1.61. The third-order valence-corrected chi connectivity index (χ3v) is 0.698. The zero-order valence-corrected chi connectivity index (χ0v) is 15.6. The van der Waals surface area contributed by atoms with Crippen molar-refractivity contribution in [1.82, 2.24) is 0 Å². The van der Waals surface area contributed by atoms with Gasteiger partial charge in [0.2, 0.25) is 0 Å². The molecule has 0 aromatic carbocycles. The second-order valence-electron chi connectivity index (χ2n) is 2.60. The van der Waals surface area contributed by atoms with Gasteiger partial charge in [0, 0.05) is 24.3 Å². The standard InChI is InChI=1S/4C3H4O2.CCl4/c4*1-2-3(4)5;2-1(3,4)5/h4*2H,1H2,(H,4,5);. The second kappa shape index (κ2) is 24.3. The summed E-state index contributed by atoms with van der Waals surface area (Å²) in [4.78, 5) is 37.0. The van der Waals surface area contributed by atoms with Gasteiger partial charge in [0.1, 0.15) is 0 Å². The SMILES string of the molecule is C=CC(=O)O.C=CC(=O)O.C=CC(=O)O.C=CC(=O)O.ClC(Cl)(Cl)Cl. The molecule has 0 atom stereocenters. The topological polar surface area (TPSA) is 149 Å². The minimum Gasteiger partial charge on any atom is -0.478 e. The molecule has 12 heteroatoms. The Hall–Kier alpha value is -2.00. The Balaban J connectivity index is -0.0000000667. The van der Waals surface area contributed by atoms with Gasteiger partial charge in [-0.2, -0.15) is 0 Å². The van der Waals surface area contributed by atoms with Crippen molar-refractivity contribution in [3.8, 4) is 0 Å². The van der Waals surface area contributed by atoms with Gasteiger partial charge in [0.15, 0.2) is 0 Å². The number of aliphatic carboxylic acids is 4. The first-order valence-corrected chi connectivity index (χ1v) is 6.77. The highest BCUT2D eigenvalue weighted by atomic mass is 35.6. The van der Waals surface area contributed by atoms with Crippen molar-refractivity contribution in [2.24, 2.45) is 0 Å². The molecule has 0 spiro atoms. The minimum absolute atomic E-state index is 0.833. The van der Waals surface area contributed by atoms with E-state index in [4.69, 9.17) is 66.8 Å². The van der Waals surface area contributed by atoms with Gasteiger partial charge in [0.25, 0.3) is 3.25 Å². The summed E-state index contributed by atoms with van der Waals surface area (Å²) in [5.74, 6) is -3.93. The number of hydrogen-bond acceptors (Lipinski definition) is 4. The fourth-order valence-electron chi connectivity index (χ4n) is 0. The van der Waals surface area contributed by atoms with Gasteiger partial charge < -0.3 is 20.4 Å². The zero-order chi connectivity index (χ0) is 21.6. The Morgan fingerprint density at radius 2 is 0.600 bits per heavy atom. The number of carboxylic acids is 4. The Labute approximate surface area is 163 Å². The summed E-state index contributed by atoms with van der Waals surface area (Å²) in [6, 6.07) is 0. The van der Waals surface area contributed by atoms with Crippen molar-refractivity contribution >= 4 is 70.3 Å². The van der Waals surface area contributed by atoms with Crippen LogP contribution >= 0.6 is 46.4 Å². The van der Waals surface area contributed by atoms with Crippen LogP contribution in [0.15, 0.2) is 50.6 Å². The van der Waals surface area contributed by atoms with E-state index in [9.17, 15) is 19.2 Å². The summed E-state index contributed by atoms with van der Waals surface area (Å²) >= 11 is 19.3. The van der Waals surface area contributed by atoms with Crippen molar-refractivity contribution in [3.63, 3.8) is 0 Å². The van der Waals surface area contributed by atoms with Crippen molar-refractivity contribution in [1.29, 1.82) is 0 Å². The van der Waals surface area contributed by atoms with Crippen LogP contribution in [0.2, 0.25) is 0 Å². The number of alkyl halides is 4. The molecule has 144 valence electrons. The van der Waals surface area contributed by atoms with Gasteiger partial charge in [-0.1, -0.05) is 72.7 Å². The van der Waals surface area contributed by atoms with Gasteiger partial charge in [-0.3, -0.25) is 0 Å².